The van der Waals surface area contributed by atoms with E-state index in [9.17, 15) is 13.2 Å². The van der Waals surface area contributed by atoms with Crippen LogP contribution in [0.5, 0.6) is 0 Å². The molecule has 1 fully saturated rings. The lowest BCUT2D eigenvalue weighted by molar-refractivity contribution is -0.116. The van der Waals surface area contributed by atoms with Crippen LogP contribution in [-0.2, 0) is 14.8 Å². The Kier molecular flexibility index (Phi) is 6.80. The van der Waals surface area contributed by atoms with Crippen LogP contribution in [0.4, 0.5) is 5.69 Å². The van der Waals surface area contributed by atoms with Crippen molar-refractivity contribution in [2.24, 2.45) is 0 Å². The second-order valence-electron chi connectivity index (χ2n) is 7.09. The van der Waals surface area contributed by atoms with Gasteiger partial charge >= 0.3 is 0 Å². The molecule has 28 heavy (non-hydrogen) atoms. The molecule has 1 aliphatic rings. The molecule has 1 N–H and O–H groups in total. The summed E-state index contributed by atoms with van der Waals surface area (Å²) >= 11 is 0. The van der Waals surface area contributed by atoms with Crippen LogP contribution in [0.1, 0.15) is 57.1 Å². The quantitative estimate of drug-likeness (QED) is 0.757. The van der Waals surface area contributed by atoms with Crippen molar-refractivity contribution in [3.05, 3.63) is 54.4 Å². The molecule has 1 aromatic carbocycles. The fourth-order valence-electron chi connectivity index (χ4n) is 3.51. The number of anilines is 1. The normalized spacial score (nSPS) is 18.0. The molecule has 6 nitrogen and oxygen atoms in total. The Hall–Kier alpha value is -2.25. The van der Waals surface area contributed by atoms with E-state index in [-0.39, 0.29) is 16.8 Å². The smallest absolute Gasteiger partial charge is 0.243 e. The molecule has 2 heterocycles. The fraction of sp³-hybridized carbons (Fsp3) is 0.429. The van der Waals surface area contributed by atoms with E-state index in [2.05, 4.69) is 10.3 Å². The summed E-state index contributed by atoms with van der Waals surface area (Å²) < 4.78 is 28.1. The van der Waals surface area contributed by atoms with Gasteiger partial charge in [0, 0.05) is 31.0 Å². The van der Waals surface area contributed by atoms with Crippen LogP contribution in [0.25, 0.3) is 0 Å². The number of nitrogens with one attached hydrogen (secondary N) is 1. The number of hydrogen-bond donors (Lipinski definition) is 1. The summed E-state index contributed by atoms with van der Waals surface area (Å²) in [6.45, 7) is 2.53. The maximum Gasteiger partial charge on any atom is 0.243 e. The summed E-state index contributed by atoms with van der Waals surface area (Å²) in [4.78, 5) is 16.2. The van der Waals surface area contributed by atoms with Crippen molar-refractivity contribution in [3.63, 3.8) is 0 Å². The van der Waals surface area contributed by atoms with Crippen molar-refractivity contribution in [1.29, 1.82) is 0 Å². The number of unbranched alkanes of at least 4 members (excludes halogenated alkanes) is 1. The Morgan fingerprint density at radius 3 is 2.68 bits per heavy atom. The SMILES string of the molecule is CCCCC(=O)Nc1ccc(S(=O)(=O)N2CCCC[C@H]2c2cccnc2)cc1. The average Bonchev–Trinajstić information content (AvgIpc) is 2.73. The first-order chi connectivity index (χ1) is 13.5. The predicted octanol–water partition coefficient (Wildman–Crippen LogP) is 4.13. The van der Waals surface area contributed by atoms with Gasteiger partial charge in [-0.1, -0.05) is 25.8 Å². The highest BCUT2D eigenvalue weighted by Gasteiger charge is 2.34. The van der Waals surface area contributed by atoms with Crippen LogP contribution in [0.3, 0.4) is 0 Å². The molecular formula is C21H27N3O3S. The van der Waals surface area contributed by atoms with Crippen LogP contribution >= 0.6 is 0 Å². The zero-order valence-electron chi connectivity index (χ0n) is 16.2. The standard InChI is InChI=1S/C21H27N3O3S/c1-2-3-9-21(25)23-18-10-12-19(13-11-18)28(26,27)24-15-5-4-8-20(24)17-7-6-14-22-16-17/h6-7,10-14,16,20H,2-5,8-9,15H2,1H3,(H,23,25)/t20-/m0/s1. The topological polar surface area (TPSA) is 79.4 Å². The Balaban J connectivity index is 1.78. The van der Waals surface area contributed by atoms with Gasteiger partial charge in [-0.05, 0) is 55.2 Å². The molecule has 1 amide bonds. The van der Waals surface area contributed by atoms with Crippen LogP contribution in [-0.4, -0.2) is 30.2 Å². The number of pyridine rings is 1. The van der Waals surface area contributed by atoms with E-state index >= 15 is 0 Å². The molecule has 0 aliphatic carbocycles. The van der Waals surface area contributed by atoms with E-state index in [1.807, 2.05) is 19.1 Å². The van der Waals surface area contributed by atoms with Gasteiger partial charge in [-0.25, -0.2) is 8.42 Å². The zero-order chi connectivity index (χ0) is 20.0. The summed E-state index contributed by atoms with van der Waals surface area (Å²) in [5.41, 5.74) is 1.54. The number of sulfonamides is 1. The molecule has 0 radical (unpaired) electrons. The van der Waals surface area contributed by atoms with Gasteiger partial charge in [-0.3, -0.25) is 9.78 Å². The lowest BCUT2D eigenvalue weighted by Gasteiger charge is -2.34. The van der Waals surface area contributed by atoms with E-state index < -0.39 is 10.0 Å². The summed E-state index contributed by atoms with van der Waals surface area (Å²) in [5.74, 6) is -0.0508. The average molecular weight is 402 g/mol. The number of carbonyl (C=O) groups excluding carboxylic acids is 1. The first-order valence-corrected chi connectivity index (χ1v) is 11.3. The van der Waals surface area contributed by atoms with Crippen molar-refractivity contribution < 1.29 is 13.2 Å². The molecule has 2 aromatic rings. The molecule has 0 spiro atoms. The monoisotopic (exact) mass is 401 g/mol. The summed E-state index contributed by atoms with van der Waals surface area (Å²) in [6.07, 6.45) is 8.33. The third kappa shape index (κ3) is 4.77. The van der Waals surface area contributed by atoms with Crippen LogP contribution in [0, 0.1) is 0 Å². The Morgan fingerprint density at radius 2 is 2.00 bits per heavy atom. The second-order valence-corrected chi connectivity index (χ2v) is 8.98. The molecule has 1 aromatic heterocycles. The van der Waals surface area contributed by atoms with E-state index in [1.54, 1.807) is 41.0 Å². The third-order valence-corrected chi connectivity index (χ3v) is 6.95. The van der Waals surface area contributed by atoms with Crippen molar-refractivity contribution in [2.75, 3.05) is 11.9 Å². The highest BCUT2D eigenvalue weighted by atomic mass is 32.2. The van der Waals surface area contributed by atoms with E-state index in [0.29, 0.717) is 18.7 Å². The molecule has 0 unspecified atom stereocenters. The van der Waals surface area contributed by atoms with Gasteiger partial charge in [0.1, 0.15) is 0 Å². The third-order valence-electron chi connectivity index (χ3n) is 5.02. The maximum atomic E-state index is 13.3. The maximum absolute atomic E-state index is 13.3. The lowest BCUT2D eigenvalue weighted by Crippen LogP contribution is -2.38. The van der Waals surface area contributed by atoms with E-state index in [0.717, 1.165) is 37.7 Å². The van der Waals surface area contributed by atoms with Gasteiger partial charge in [-0.2, -0.15) is 4.31 Å². The molecule has 0 saturated carbocycles. The van der Waals surface area contributed by atoms with E-state index in [1.165, 1.54) is 0 Å². The molecule has 7 heteroatoms. The number of amides is 1. The number of hydrogen-bond acceptors (Lipinski definition) is 4. The van der Waals surface area contributed by atoms with Crippen molar-refractivity contribution >= 4 is 21.6 Å². The zero-order valence-corrected chi connectivity index (χ0v) is 17.0. The molecule has 1 atom stereocenters. The van der Waals surface area contributed by atoms with Crippen LogP contribution in [0.2, 0.25) is 0 Å². The first-order valence-electron chi connectivity index (χ1n) is 9.84. The van der Waals surface area contributed by atoms with Gasteiger partial charge < -0.3 is 5.32 Å². The van der Waals surface area contributed by atoms with Crippen LogP contribution in [0.15, 0.2) is 53.7 Å². The Labute approximate surface area is 167 Å². The molecule has 150 valence electrons. The lowest BCUT2D eigenvalue weighted by atomic mass is 9.99. The van der Waals surface area contributed by atoms with Gasteiger partial charge in [0.05, 0.1) is 10.9 Å². The summed E-state index contributed by atoms with van der Waals surface area (Å²) in [5, 5.41) is 2.81. The number of nitrogens with zero attached hydrogens (tertiary/aromatic N) is 2. The molecule has 0 bridgehead atoms. The number of piperidine rings is 1. The highest BCUT2D eigenvalue weighted by Crippen LogP contribution is 2.35. The van der Waals surface area contributed by atoms with Crippen molar-refractivity contribution in [1.82, 2.24) is 9.29 Å². The Morgan fingerprint density at radius 1 is 1.21 bits per heavy atom. The number of rotatable bonds is 7. The van der Waals surface area contributed by atoms with Crippen LogP contribution < -0.4 is 5.32 Å². The number of aromatic nitrogens is 1. The van der Waals surface area contributed by atoms with E-state index in [4.69, 9.17) is 0 Å². The summed E-state index contributed by atoms with van der Waals surface area (Å²) in [7, 11) is -3.63. The molecule has 1 saturated heterocycles. The predicted molar refractivity (Wildman–Crippen MR) is 109 cm³/mol. The first kappa shape index (κ1) is 20.5. The van der Waals surface area contributed by atoms with Gasteiger partial charge in [-0.15, -0.1) is 0 Å². The highest BCUT2D eigenvalue weighted by molar-refractivity contribution is 7.89. The minimum atomic E-state index is -3.63. The van der Waals surface area contributed by atoms with Gasteiger partial charge in [0.15, 0.2) is 0 Å². The van der Waals surface area contributed by atoms with Crippen molar-refractivity contribution in [3.8, 4) is 0 Å². The Bertz CT molecular complexity index is 883. The van der Waals surface area contributed by atoms with Crippen molar-refractivity contribution in [2.45, 2.75) is 56.4 Å². The summed E-state index contributed by atoms with van der Waals surface area (Å²) in [6, 6.07) is 10.0. The van der Waals surface area contributed by atoms with Gasteiger partial charge in [0.2, 0.25) is 15.9 Å². The molecular weight excluding hydrogens is 374 g/mol. The minimum Gasteiger partial charge on any atom is -0.326 e. The number of benzene rings is 1. The molecule has 1 aliphatic heterocycles. The second kappa shape index (κ2) is 9.30. The van der Waals surface area contributed by atoms with Gasteiger partial charge in [0.25, 0.3) is 0 Å². The fourth-order valence-corrected chi connectivity index (χ4v) is 5.19. The number of carbonyl (C=O) groups is 1. The molecule has 3 rings (SSSR count). The largest absolute Gasteiger partial charge is 0.326 e. The minimum absolute atomic E-state index is 0.0508.